The molecule has 1 aliphatic heterocycles. The molecule has 1 N–H and O–H groups in total. The minimum atomic E-state index is -1.95. The maximum absolute atomic E-state index is 11.5. The van der Waals surface area contributed by atoms with Gasteiger partial charge in [0.15, 0.2) is 8.32 Å². The Bertz CT molecular complexity index is 626. The minimum Gasteiger partial charge on any atom is -0.410 e. The summed E-state index contributed by atoms with van der Waals surface area (Å²) in [7, 11) is -1.95. The van der Waals surface area contributed by atoms with E-state index in [0.717, 1.165) is 17.2 Å². The first-order valence-electron chi connectivity index (χ1n) is 7.93. The summed E-state index contributed by atoms with van der Waals surface area (Å²) in [5, 5.41) is 11.5. The molecule has 1 saturated heterocycles. The molecular weight excluding hydrogens is 288 g/mol. The first-order valence-corrected chi connectivity index (χ1v) is 11.0. The van der Waals surface area contributed by atoms with Crippen LogP contribution in [0.1, 0.15) is 24.2 Å². The highest BCUT2D eigenvalue weighted by Gasteiger charge is 2.51. The van der Waals surface area contributed by atoms with Crippen molar-refractivity contribution in [2.45, 2.75) is 37.8 Å². The van der Waals surface area contributed by atoms with Gasteiger partial charge in [-0.05, 0) is 30.3 Å². The summed E-state index contributed by atoms with van der Waals surface area (Å²) in [6.07, 6.45) is -0.0539. The Morgan fingerprint density at radius 3 is 2.14 bits per heavy atom. The lowest BCUT2D eigenvalue weighted by Crippen LogP contribution is -2.52. The molecule has 3 atom stereocenters. The van der Waals surface area contributed by atoms with Crippen molar-refractivity contribution < 1.29 is 9.53 Å². The molecule has 0 aromatic heterocycles. The molecule has 0 unspecified atom stereocenters. The molecule has 0 bridgehead atoms. The summed E-state index contributed by atoms with van der Waals surface area (Å²) in [6.45, 7) is 6.50. The van der Waals surface area contributed by atoms with Crippen LogP contribution in [0.25, 0.3) is 0 Å². The highest BCUT2D eigenvalue weighted by Crippen LogP contribution is 2.50. The predicted octanol–water partition coefficient (Wildman–Crippen LogP) is 4.49. The Balaban J connectivity index is 2.04. The highest BCUT2D eigenvalue weighted by molar-refractivity contribution is 6.71. The maximum atomic E-state index is 11.5. The normalized spacial score (nSPS) is 30.9. The van der Waals surface area contributed by atoms with Gasteiger partial charge in [0.2, 0.25) is 0 Å². The van der Waals surface area contributed by atoms with Crippen LogP contribution < -0.4 is 0 Å². The summed E-state index contributed by atoms with van der Waals surface area (Å²) in [5.41, 5.74) is 1.34. The van der Waals surface area contributed by atoms with E-state index in [2.05, 4.69) is 32.2 Å². The average molecular weight is 312 g/mol. The van der Waals surface area contributed by atoms with Crippen molar-refractivity contribution in [2.75, 3.05) is 0 Å². The van der Waals surface area contributed by atoms with E-state index in [4.69, 9.17) is 4.43 Å². The Morgan fingerprint density at radius 2 is 1.55 bits per heavy atom. The number of hydrogen-bond acceptors (Lipinski definition) is 2. The topological polar surface area (TPSA) is 29.5 Å². The fraction of sp³-hybridized carbons (Fsp3) is 0.368. The molecule has 3 rings (SSSR count). The third-order valence-corrected chi connectivity index (χ3v) is 7.03. The lowest BCUT2D eigenvalue weighted by molar-refractivity contribution is -0.0773. The zero-order valence-corrected chi connectivity index (χ0v) is 14.5. The largest absolute Gasteiger partial charge is 0.410 e. The second-order valence-corrected chi connectivity index (χ2v) is 11.1. The Hall–Kier alpha value is -1.42. The number of hydrogen-bond donors (Lipinski definition) is 1. The van der Waals surface area contributed by atoms with E-state index >= 15 is 0 Å². The van der Waals surface area contributed by atoms with Crippen LogP contribution in [0, 0.1) is 5.92 Å². The van der Waals surface area contributed by atoms with Gasteiger partial charge < -0.3 is 9.53 Å². The molecule has 0 aliphatic carbocycles. The van der Waals surface area contributed by atoms with Gasteiger partial charge in [-0.2, -0.15) is 0 Å². The molecule has 2 nitrogen and oxygen atoms in total. The van der Waals surface area contributed by atoms with Crippen molar-refractivity contribution in [3.63, 3.8) is 0 Å². The van der Waals surface area contributed by atoms with E-state index in [0.29, 0.717) is 0 Å². The molecule has 0 spiro atoms. The first-order chi connectivity index (χ1) is 10.4. The molecule has 1 aliphatic rings. The molecule has 0 saturated carbocycles. The molecule has 3 heteroatoms. The molecule has 2 aromatic carbocycles. The van der Waals surface area contributed by atoms with Crippen LogP contribution in [0.15, 0.2) is 60.7 Å². The van der Waals surface area contributed by atoms with Gasteiger partial charge in [-0.3, -0.25) is 0 Å². The van der Waals surface area contributed by atoms with E-state index in [1.165, 1.54) is 0 Å². The third kappa shape index (κ3) is 2.76. The SMILES string of the molecule is C[C@@H]1[C@H](c2ccccc2)O[Si](C)(C)C[C@@]1(O)c1ccccc1. The van der Waals surface area contributed by atoms with Crippen LogP contribution in [0.4, 0.5) is 0 Å². The van der Waals surface area contributed by atoms with Gasteiger partial charge in [-0.15, -0.1) is 0 Å². The second kappa shape index (κ2) is 5.65. The fourth-order valence-corrected chi connectivity index (χ4v) is 6.57. The average Bonchev–Trinajstić information content (AvgIpc) is 2.52. The smallest absolute Gasteiger partial charge is 0.190 e. The van der Waals surface area contributed by atoms with Gasteiger partial charge >= 0.3 is 0 Å². The molecule has 2 aromatic rings. The summed E-state index contributed by atoms with van der Waals surface area (Å²) in [5.74, 6) is 0.0119. The van der Waals surface area contributed by atoms with E-state index in [9.17, 15) is 5.11 Å². The first kappa shape index (κ1) is 15.5. The zero-order valence-electron chi connectivity index (χ0n) is 13.5. The molecule has 1 fully saturated rings. The summed E-state index contributed by atoms with van der Waals surface area (Å²) >= 11 is 0. The quantitative estimate of drug-likeness (QED) is 0.828. The van der Waals surface area contributed by atoms with Gasteiger partial charge in [0.25, 0.3) is 0 Å². The van der Waals surface area contributed by atoms with Gasteiger partial charge in [0.1, 0.15) is 0 Å². The van der Waals surface area contributed by atoms with Crippen molar-refractivity contribution in [1.82, 2.24) is 0 Å². The van der Waals surface area contributed by atoms with Crippen LogP contribution in [0.5, 0.6) is 0 Å². The van der Waals surface area contributed by atoms with E-state index in [-0.39, 0.29) is 12.0 Å². The summed E-state index contributed by atoms with van der Waals surface area (Å²) < 4.78 is 6.47. The van der Waals surface area contributed by atoms with Crippen molar-refractivity contribution >= 4 is 8.32 Å². The van der Waals surface area contributed by atoms with Crippen molar-refractivity contribution in [1.29, 1.82) is 0 Å². The molecule has 22 heavy (non-hydrogen) atoms. The van der Waals surface area contributed by atoms with Crippen molar-refractivity contribution in [3.05, 3.63) is 71.8 Å². The third-order valence-electron chi connectivity index (χ3n) is 4.75. The Morgan fingerprint density at radius 1 is 1.00 bits per heavy atom. The molecule has 116 valence electrons. The Kier molecular flexibility index (Phi) is 3.97. The van der Waals surface area contributed by atoms with Crippen molar-refractivity contribution in [3.8, 4) is 0 Å². The van der Waals surface area contributed by atoms with Gasteiger partial charge in [-0.1, -0.05) is 67.6 Å². The second-order valence-electron chi connectivity index (χ2n) is 6.96. The molecule has 1 heterocycles. The maximum Gasteiger partial charge on any atom is 0.190 e. The van der Waals surface area contributed by atoms with Crippen LogP contribution in [-0.4, -0.2) is 13.4 Å². The number of aliphatic hydroxyl groups is 1. The lowest BCUT2D eigenvalue weighted by Gasteiger charge is -2.49. The predicted molar refractivity (Wildman–Crippen MR) is 92.1 cm³/mol. The monoisotopic (exact) mass is 312 g/mol. The standard InChI is InChI=1S/C19H24O2Si/c1-15-18(16-10-6-4-7-11-16)21-22(2,3)14-19(15,20)17-12-8-5-9-13-17/h4-13,15,18,20H,14H2,1-3H3/t15-,18-,19+/m1/s1. The molecule has 0 radical (unpaired) electrons. The summed E-state index contributed by atoms with van der Waals surface area (Å²) in [6, 6.07) is 21.1. The van der Waals surface area contributed by atoms with E-state index in [1.807, 2.05) is 48.5 Å². The molecular formula is C19H24O2Si. The van der Waals surface area contributed by atoms with Crippen LogP contribution in [0.2, 0.25) is 19.1 Å². The van der Waals surface area contributed by atoms with E-state index < -0.39 is 13.9 Å². The summed E-state index contributed by atoms with van der Waals surface area (Å²) in [4.78, 5) is 0. The Labute approximate surface area is 133 Å². The lowest BCUT2D eigenvalue weighted by atomic mass is 9.78. The fourth-order valence-electron chi connectivity index (χ4n) is 3.64. The van der Waals surface area contributed by atoms with Crippen LogP contribution >= 0.6 is 0 Å². The van der Waals surface area contributed by atoms with E-state index in [1.54, 1.807) is 0 Å². The number of rotatable bonds is 2. The van der Waals surface area contributed by atoms with Gasteiger partial charge in [-0.25, -0.2) is 0 Å². The molecule has 0 amide bonds. The number of benzene rings is 2. The van der Waals surface area contributed by atoms with Crippen LogP contribution in [-0.2, 0) is 10.0 Å². The van der Waals surface area contributed by atoms with Crippen molar-refractivity contribution in [2.24, 2.45) is 5.92 Å². The zero-order chi connectivity index (χ0) is 15.8. The van der Waals surface area contributed by atoms with Gasteiger partial charge in [0, 0.05) is 5.92 Å². The van der Waals surface area contributed by atoms with Crippen LogP contribution in [0.3, 0.4) is 0 Å². The highest BCUT2D eigenvalue weighted by atomic mass is 28.4. The van der Waals surface area contributed by atoms with Gasteiger partial charge in [0.05, 0.1) is 11.7 Å². The minimum absolute atomic E-state index is 0.0119.